The number of amides is 1. The fourth-order valence-corrected chi connectivity index (χ4v) is 4.06. The largest absolute Gasteiger partial charge is 0.454 e. The number of benzene rings is 3. The SMILES string of the molecule is C[C@H](Nc1ccc(NS(=O)(=O)c2ccc(F)cc2)cc1)C(=O)Nc1ccc2c(c1)OCO2. The first kappa shape index (κ1) is 21.4. The first-order chi connectivity index (χ1) is 15.3. The number of carbonyl (C=O) groups excluding carboxylic acids is 1. The van der Waals surface area contributed by atoms with Gasteiger partial charge in [-0.3, -0.25) is 9.52 Å². The maximum absolute atomic E-state index is 13.0. The lowest BCUT2D eigenvalue weighted by molar-refractivity contribution is -0.116. The Labute approximate surface area is 184 Å². The minimum Gasteiger partial charge on any atom is -0.454 e. The molecular weight excluding hydrogens is 437 g/mol. The van der Waals surface area contributed by atoms with Crippen molar-refractivity contribution in [1.29, 1.82) is 0 Å². The third-order valence-corrected chi connectivity index (χ3v) is 6.07. The van der Waals surface area contributed by atoms with E-state index in [2.05, 4.69) is 15.4 Å². The summed E-state index contributed by atoms with van der Waals surface area (Å²) in [5, 5.41) is 5.86. The van der Waals surface area contributed by atoms with Crippen molar-refractivity contribution in [3.05, 3.63) is 72.5 Å². The number of rotatable bonds is 7. The van der Waals surface area contributed by atoms with Crippen molar-refractivity contribution in [2.24, 2.45) is 0 Å². The second-order valence-corrected chi connectivity index (χ2v) is 8.74. The highest BCUT2D eigenvalue weighted by molar-refractivity contribution is 7.92. The van der Waals surface area contributed by atoms with Crippen LogP contribution in [-0.2, 0) is 14.8 Å². The van der Waals surface area contributed by atoms with Crippen molar-refractivity contribution in [1.82, 2.24) is 0 Å². The Hall–Kier alpha value is -3.79. The second kappa shape index (κ2) is 8.75. The van der Waals surface area contributed by atoms with E-state index < -0.39 is 21.9 Å². The van der Waals surface area contributed by atoms with E-state index in [0.29, 0.717) is 28.6 Å². The normalized spacial score (nSPS) is 13.3. The number of hydrogen-bond donors (Lipinski definition) is 3. The van der Waals surface area contributed by atoms with Crippen molar-refractivity contribution in [2.45, 2.75) is 17.9 Å². The molecule has 3 aromatic rings. The molecule has 0 bridgehead atoms. The van der Waals surface area contributed by atoms with Gasteiger partial charge in [0, 0.05) is 23.1 Å². The number of carbonyl (C=O) groups is 1. The van der Waals surface area contributed by atoms with Gasteiger partial charge in [-0.15, -0.1) is 0 Å². The molecule has 0 saturated heterocycles. The molecule has 1 amide bonds. The van der Waals surface area contributed by atoms with Gasteiger partial charge < -0.3 is 20.1 Å². The Kier molecular flexibility index (Phi) is 5.87. The summed E-state index contributed by atoms with van der Waals surface area (Å²) in [5.41, 5.74) is 1.54. The molecule has 3 N–H and O–H groups in total. The Morgan fingerprint density at radius 1 is 0.906 bits per heavy atom. The van der Waals surface area contributed by atoms with Crippen molar-refractivity contribution >= 4 is 33.0 Å². The van der Waals surface area contributed by atoms with E-state index >= 15 is 0 Å². The van der Waals surface area contributed by atoms with Crippen LogP contribution in [0.3, 0.4) is 0 Å². The second-order valence-electron chi connectivity index (χ2n) is 7.06. The predicted molar refractivity (Wildman–Crippen MR) is 118 cm³/mol. The molecule has 8 nitrogen and oxygen atoms in total. The Morgan fingerprint density at radius 2 is 1.53 bits per heavy atom. The van der Waals surface area contributed by atoms with Gasteiger partial charge in [-0.05, 0) is 67.6 Å². The average Bonchev–Trinajstić information content (AvgIpc) is 3.23. The predicted octanol–water partition coefficient (Wildman–Crippen LogP) is 3.79. The van der Waals surface area contributed by atoms with E-state index in [4.69, 9.17) is 9.47 Å². The van der Waals surface area contributed by atoms with Crippen LogP contribution in [0.25, 0.3) is 0 Å². The molecule has 1 aliphatic rings. The van der Waals surface area contributed by atoms with Crippen molar-refractivity contribution in [2.75, 3.05) is 22.1 Å². The van der Waals surface area contributed by atoms with Crippen molar-refractivity contribution < 1.29 is 27.1 Å². The van der Waals surface area contributed by atoms with Gasteiger partial charge in [0.1, 0.15) is 11.9 Å². The summed E-state index contributed by atoms with van der Waals surface area (Å²) in [7, 11) is -3.84. The summed E-state index contributed by atoms with van der Waals surface area (Å²) >= 11 is 0. The number of sulfonamides is 1. The molecule has 0 aliphatic carbocycles. The highest BCUT2D eigenvalue weighted by Gasteiger charge is 2.17. The molecule has 4 rings (SSSR count). The Balaban J connectivity index is 1.35. The molecule has 10 heteroatoms. The monoisotopic (exact) mass is 457 g/mol. The standard InChI is InChI=1S/C22H20FN3O5S/c1-14(22(27)25-18-8-11-20-21(12-18)31-13-30-20)24-16-4-6-17(7-5-16)26-32(28,29)19-9-2-15(23)3-10-19/h2-12,14,24,26H,13H2,1H3,(H,25,27)/t14-/m0/s1. The molecule has 3 aromatic carbocycles. The first-order valence-corrected chi connectivity index (χ1v) is 11.1. The van der Waals surface area contributed by atoms with Crippen LogP contribution in [-0.4, -0.2) is 27.2 Å². The number of fused-ring (bicyclic) bond motifs is 1. The van der Waals surface area contributed by atoms with Crippen molar-refractivity contribution in [3.63, 3.8) is 0 Å². The minimum absolute atomic E-state index is 0.0464. The van der Waals surface area contributed by atoms with Crippen LogP contribution in [0.5, 0.6) is 11.5 Å². The Morgan fingerprint density at radius 3 is 2.25 bits per heavy atom. The van der Waals surface area contributed by atoms with Crippen LogP contribution in [0, 0.1) is 5.82 Å². The van der Waals surface area contributed by atoms with Crippen LogP contribution < -0.4 is 24.8 Å². The Bertz CT molecular complexity index is 1230. The first-order valence-electron chi connectivity index (χ1n) is 9.66. The van der Waals surface area contributed by atoms with Crippen LogP contribution in [0.2, 0.25) is 0 Å². The zero-order valence-corrected chi connectivity index (χ0v) is 17.8. The topological polar surface area (TPSA) is 106 Å². The smallest absolute Gasteiger partial charge is 0.261 e. The molecule has 166 valence electrons. The fourth-order valence-electron chi connectivity index (χ4n) is 3.00. The molecule has 0 spiro atoms. The molecule has 0 aromatic heterocycles. The van der Waals surface area contributed by atoms with Gasteiger partial charge in [0.05, 0.1) is 4.90 Å². The third-order valence-electron chi connectivity index (χ3n) is 4.68. The number of halogens is 1. The van der Waals surface area contributed by atoms with Crippen LogP contribution in [0.1, 0.15) is 6.92 Å². The molecule has 0 unspecified atom stereocenters. The van der Waals surface area contributed by atoms with E-state index in [1.807, 2.05) is 0 Å². The number of anilines is 3. The molecule has 0 radical (unpaired) electrons. The fraction of sp³-hybridized carbons (Fsp3) is 0.136. The summed E-state index contributed by atoms with van der Waals surface area (Å²) in [5.74, 6) is 0.424. The highest BCUT2D eigenvalue weighted by Crippen LogP contribution is 2.34. The molecule has 1 atom stereocenters. The molecule has 0 fully saturated rings. The van der Waals surface area contributed by atoms with E-state index in [1.54, 1.807) is 49.4 Å². The van der Waals surface area contributed by atoms with E-state index in [0.717, 1.165) is 12.1 Å². The maximum Gasteiger partial charge on any atom is 0.261 e. The quantitative estimate of drug-likeness (QED) is 0.499. The van der Waals surface area contributed by atoms with Gasteiger partial charge in [-0.1, -0.05) is 0 Å². The number of hydrogen-bond acceptors (Lipinski definition) is 6. The van der Waals surface area contributed by atoms with E-state index in [1.165, 1.54) is 12.1 Å². The van der Waals surface area contributed by atoms with Gasteiger partial charge in [-0.2, -0.15) is 0 Å². The summed E-state index contributed by atoms with van der Waals surface area (Å²) in [6, 6.07) is 15.5. The van der Waals surface area contributed by atoms with Gasteiger partial charge in [0.2, 0.25) is 12.7 Å². The lowest BCUT2D eigenvalue weighted by Gasteiger charge is -2.16. The third kappa shape index (κ3) is 4.92. The van der Waals surface area contributed by atoms with Gasteiger partial charge in [0.25, 0.3) is 10.0 Å². The van der Waals surface area contributed by atoms with Gasteiger partial charge in [-0.25, -0.2) is 12.8 Å². The summed E-state index contributed by atoms with van der Waals surface area (Å²) in [4.78, 5) is 12.4. The summed E-state index contributed by atoms with van der Waals surface area (Å²) in [6.45, 7) is 1.86. The minimum atomic E-state index is -3.84. The summed E-state index contributed by atoms with van der Waals surface area (Å²) < 4.78 is 50.8. The molecule has 1 heterocycles. The van der Waals surface area contributed by atoms with Crippen LogP contribution >= 0.6 is 0 Å². The highest BCUT2D eigenvalue weighted by atomic mass is 32.2. The zero-order valence-electron chi connectivity index (χ0n) is 17.0. The van der Waals surface area contributed by atoms with Crippen molar-refractivity contribution in [3.8, 4) is 11.5 Å². The number of ether oxygens (including phenoxy) is 2. The summed E-state index contributed by atoms with van der Waals surface area (Å²) in [6.07, 6.45) is 0. The maximum atomic E-state index is 13.0. The van der Waals surface area contributed by atoms with Crippen LogP contribution in [0.4, 0.5) is 21.5 Å². The molecular formula is C22H20FN3O5S. The molecule has 0 saturated carbocycles. The lowest BCUT2D eigenvalue weighted by atomic mass is 10.2. The van der Waals surface area contributed by atoms with Gasteiger partial charge >= 0.3 is 0 Å². The van der Waals surface area contributed by atoms with E-state index in [-0.39, 0.29) is 17.6 Å². The van der Waals surface area contributed by atoms with Crippen LogP contribution in [0.15, 0.2) is 71.6 Å². The zero-order chi connectivity index (χ0) is 22.7. The van der Waals surface area contributed by atoms with E-state index in [9.17, 15) is 17.6 Å². The molecule has 1 aliphatic heterocycles. The average molecular weight is 457 g/mol. The lowest BCUT2D eigenvalue weighted by Crippen LogP contribution is -2.31. The molecule has 32 heavy (non-hydrogen) atoms. The van der Waals surface area contributed by atoms with Gasteiger partial charge in [0.15, 0.2) is 11.5 Å². The number of nitrogens with one attached hydrogen (secondary N) is 3.